The molecule has 1 aromatic carbocycles. The Morgan fingerprint density at radius 3 is 2.95 bits per heavy atom. The zero-order valence-electron chi connectivity index (χ0n) is 11.3. The molecule has 1 fully saturated rings. The molecule has 1 saturated carbocycles. The molecule has 0 saturated heterocycles. The second-order valence-electron chi connectivity index (χ2n) is 5.22. The minimum absolute atomic E-state index is 0.288. The van der Waals surface area contributed by atoms with Crippen molar-refractivity contribution >= 4 is 17.0 Å². The Bertz CT molecular complexity index is 615. The minimum Gasteiger partial charge on any atom is -0.478 e. The van der Waals surface area contributed by atoms with Crippen LogP contribution in [0, 0.1) is 0 Å². The van der Waals surface area contributed by atoms with E-state index in [-0.39, 0.29) is 5.56 Å². The van der Waals surface area contributed by atoms with E-state index in [4.69, 9.17) is 9.84 Å². The van der Waals surface area contributed by atoms with Gasteiger partial charge in [0.15, 0.2) is 0 Å². The van der Waals surface area contributed by atoms with Crippen LogP contribution in [0.3, 0.4) is 0 Å². The van der Waals surface area contributed by atoms with Crippen molar-refractivity contribution in [2.24, 2.45) is 0 Å². The van der Waals surface area contributed by atoms with Gasteiger partial charge in [0.25, 0.3) is 0 Å². The SMILES string of the molecule is O=C(O)c1ccc2ncn(CCOC3CCCC3)c2c1. The van der Waals surface area contributed by atoms with Crippen LogP contribution in [-0.4, -0.2) is 33.3 Å². The first-order valence-corrected chi connectivity index (χ1v) is 7.04. The summed E-state index contributed by atoms with van der Waals surface area (Å²) in [7, 11) is 0. The number of carbonyl (C=O) groups is 1. The zero-order chi connectivity index (χ0) is 13.9. The Morgan fingerprint density at radius 2 is 2.20 bits per heavy atom. The van der Waals surface area contributed by atoms with Gasteiger partial charge in [0.2, 0.25) is 0 Å². The second kappa shape index (κ2) is 5.63. The van der Waals surface area contributed by atoms with Gasteiger partial charge in [0.05, 0.1) is 35.6 Å². The van der Waals surface area contributed by atoms with Crippen molar-refractivity contribution in [2.45, 2.75) is 38.3 Å². The van der Waals surface area contributed by atoms with Crippen molar-refractivity contribution in [3.8, 4) is 0 Å². The quantitative estimate of drug-likeness (QED) is 0.910. The number of ether oxygens (including phenoxy) is 1. The van der Waals surface area contributed by atoms with Gasteiger partial charge in [-0.15, -0.1) is 0 Å². The summed E-state index contributed by atoms with van der Waals surface area (Å²) in [6.45, 7) is 1.35. The average molecular weight is 274 g/mol. The summed E-state index contributed by atoms with van der Waals surface area (Å²) in [4.78, 5) is 15.3. The lowest BCUT2D eigenvalue weighted by molar-refractivity contribution is 0.0534. The maximum Gasteiger partial charge on any atom is 0.335 e. The fraction of sp³-hybridized carbons (Fsp3) is 0.467. The molecule has 0 atom stereocenters. The van der Waals surface area contributed by atoms with Gasteiger partial charge in [0, 0.05) is 6.54 Å². The van der Waals surface area contributed by atoms with Crippen molar-refractivity contribution in [1.82, 2.24) is 9.55 Å². The first kappa shape index (κ1) is 13.1. The number of rotatable bonds is 5. The molecule has 5 heteroatoms. The largest absolute Gasteiger partial charge is 0.478 e. The molecule has 2 aromatic rings. The van der Waals surface area contributed by atoms with Crippen LogP contribution < -0.4 is 0 Å². The lowest BCUT2D eigenvalue weighted by Crippen LogP contribution is -2.12. The number of imidazole rings is 1. The highest BCUT2D eigenvalue weighted by molar-refractivity contribution is 5.92. The van der Waals surface area contributed by atoms with Gasteiger partial charge in [-0.25, -0.2) is 9.78 Å². The monoisotopic (exact) mass is 274 g/mol. The van der Waals surface area contributed by atoms with Gasteiger partial charge in [-0.2, -0.15) is 0 Å². The molecule has 1 aliphatic rings. The van der Waals surface area contributed by atoms with Crippen molar-refractivity contribution in [3.63, 3.8) is 0 Å². The average Bonchev–Trinajstić information content (AvgIpc) is 3.08. The first-order valence-electron chi connectivity index (χ1n) is 7.04. The Labute approximate surface area is 117 Å². The van der Waals surface area contributed by atoms with E-state index in [0.29, 0.717) is 19.3 Å². The third-order valence-electron chi connectivity index (χ3n) is 3.86. The summed E-state index contributed by atoms with van der Waals surface area (Å²) in [6.07, 6.45) is 7.00. The standard InChI is InChI=1S/C15H18N2O3/c18-15(19)11-5-6-13-14(9-11)17(10-16-13)7-8-20-12-3-1-2-4-12/h5-6,9-10,12H,1-4,7-8H2,(H,18,19). The van der Waals surface area contributed by atoms with Crippen LogP contribution in [0.15, 0.2) is 24.5 Å². The molecule has 5 nitrogen and oxygen atoms in total. The van der Waals surface area contributed by atoms with E-state index in [1.807, 2.05) is 4.57 Å². The number of carboxylic acid groups (broad SMARTS) is 1. The van der Waals surface area contributed by atoms with Crippen LogP contribution in [-0.2, 0) is 11.3 Å². The van der Waals surface area contributed by atoms with Crippen molar-refractivity contribution < 1.29 is 14.6 Å². The Morgan fingerprint density at radius 1 is 1.40 bits per heavy atom. The fourth-order valence-corrected chi connectivity index (χ4v) is 2.74. The fourth-order valence-electron chi connectivity index (χ4n) is 2.74. The molecule has 0 aliphatic heterocycles. The second-order valence-corrected chi connectivity index (χ2v) is 5.22. The first-order chi connectivity index (χ1) is 9.74. The van der Waals surface area contributed by atoms with Crippen LogP contribution in [0.4, 0.5) is 0 Å². The molecule has 20 heavy (non-hydrogen) atoms. The summed E-state index contributed by atoms with van der Waals surface area (Å²) < 4.78 is 7.79. The topological polar surface area (TPSA) is 64.3 Å². The molecule has 0 spiro atoms. The number of carboxylic acids is 1. The van der Waals surface area contributed by atoms with Gasteiger partial charge in [-0.05, 0) is 31.0 Å². The molecule has 1 aliphatic carbocycles. The van der Waals surface area contributed by atoms with E-state index in [0.717, 1.165) is 23.9 Å². The number of aromatic nitrogens is 2. The highest BCUT2D eigenvalue weighted by Crippen LogP contribution is 2.21. The predicted molar refractivity (Wildman–Crippen MR) is 74.9 cm³/mol. The molecule has 106 valence electrons. The van der Waals surface area contributed by atoms with E-state index >= 15 is 0 Å². The van der Waals surface area contributed by atoms with Crippen molar-refractivity contribution in [1.29, 1.82) is 0 Å². The van der Waals surface area contributed by atoms with E-state index in [1.165, 1.54) is 12.8 Å². The summed E-state index contributed by atoms with van der Waals surface area (Å²) in [5.41, 5.74) is 1.95. The lowest BCUT2D eigenvalue weighted by atomic mass is 10.2. The van der Waals surface area contributed by atoms with E-state index < -0.39 is 5.97 Å². The zero-order valence-corrected chi connectivity index (χ0v) is 11.3. The molecule has 0 bridgehead atoms. The molecular weight excluding hydrogens is 256 g/mol. The number of aromatic carboxylic acids is 1. The molecular formula is C15H18N2O3. The van der Waals surface area contributed by atoms with Crippen molar-refractivity contribution in [3.05, 3.63) is 30.1 Å². The Kier molecular flexibility index (Phi) is 3.69. The van der Waals surface area contributed by atoms with Gasteiger partial charge in [-0.3, -0.25) is 0 Å². The highest BCUT2D eigenvalue weighted by Gasteiger charge is 2.15. The number of nitrogens with zero attached hydrogens (tertiary/aromatic N) is 2. The van der Waals surface area contributed by atoms with Crippen LogP contribution in [0.25, 0.3) is 11.0 Å². The molecule has 1 aromatic heterocycles. The predicted octanol–water partition coefficient (Wildman–Crippen LogP) is 2.69. The van der Waals surface area contributed by atoms with Gasteiger partial charge in [0.1, 0.15) is 0 Å². The van der Waals surface area contributed by atoms with Crippen molar-refractivity contribution in [2.75, 3.05) is 6.61 Å². The Balaban J connectivity index is 1.70. The van der Waals surface area contributed by atoms with E-state index in [1.54, 1.807) is 24.5 Å². The molecule has 0 unspecified atom stereocenters. The third kappa shape index (κ3) is 2.67. The van der Waals surface area contributed by atoms with Gasteiger partial charge >= 0.3 is 5.97 Å². The maximum absolute atomic E-state index is 11.0. The van der Waals surface area contributed by atoms with Gasteiger partial charge < -0.3 is 14.4 Å². The summed E-state index contributed by atoms with van der Waals surface area (Å²) in [6, 6.07) is 4.99. The molecule has 1 heterocycles. The molecule has 1 N–H and O–H groups in total. The third-order valence-corrected chi connectivity index (χ3v) is 3.86. The van der Waals surface area contributed by atoms with Gasteiger partial charge in [-0.1, -0.05) is 12.8 Å². The normalized spacial score (nSPS) is 16.0. The maximum atomic E-state index is 11.0. The lowest BCUT2D eigenvalue weighted by Gasteiger charge is -2.11. The molecule has 0 radical (unpaired) electrons. The summed E-state index contributed by atoms with van der Waals surface area (Å²) in [5, 5.41) is 9.04. The molecule has 3 rings (SSSR count). The van der Waals surface area contributed by atoms with E-state index in [2.05, 4.69) is 4.98 Å². The number of hydrogen-bond acceptors (Lipinski definition) is 3. The van der Waals surface area contributed by atoms with Crippen LogP contribution >= 0.6 is 0 Å². The highest BCUT2D eigenvalue weighted by atomic mass is 16.5. The Hall–Kier alpha value is -1.88. The minimum atomic E-state index is -0.915. The number of benzene rings is 1. The van der Waals surface area contributed by atoms with Crippen LogP contribution in [0.1, 0.15) is 36.0 Å². The molecule has 0 amide bonds. The van der Waals surface area contributed by atoms with E-state index in [9.17, 15) is 4.79 Å². The smallest absolute Gasteiger partial charge is 0.335 e. The van der Waals surface area contributed by atoms with Crippen LogP contribution in [0.5, 0.6) is 0 Å². The number of hydrogen-bond donors (Lipinski definition) is 1. The summed E-state index contributed by atoms with van der Waals surface area (Å²) in [5.74, 6) is -0.915. The van der Waals surface area contributed by atoms with Crippen LogP contribution in [0.2, 0.25) is 0 Å². The number of fused-ring (bicyclic) bond motifs is 1. The summed E-state index contributed by atoms with van der Waals surface area (Å²) >= 11 is 0.